The Bertz CT molecular complexity index is 1020. The van der Waals surface area contributed by atoms with Gasteiger partial charge in [-0.15, -0.1) is 0 Å². The highest BCUT2D eigenvalue weighted by Gasteiger charge is 2.54. The second-order valence-electron chi connectivity index (χ2n) is 10.7. The lowest BCUT2D eigenvalue weighted by Crippen LogP contribution is -2.65. The summed E-state index contributed by atoms with van der Waals surface area (Å²) in [6.45, 7) is 13.5. The van der Waals surface area contributed by atoms with E-state index in [0.717, 1.165) is 18.4 Å². The van der Waals surface area contributed by atoms with Crippen LogP contribution in [0.4, 0.5) is 9.59 Å². The van der Waals surface area contributed by atoms with Gasteiger partial charge in [-0.1, -0.05) is 13.8 Å². The van der Waals surface area contributed by atoms with Gasteiger partial charge in [0.15, 0.2) is 0 Å². The molecule has 1 aliphatic heterocycles. The van der Waals surface area contributed by atoms with Crippen LogP contribution in [0.1, 0.15) is 65.9 Å². The van der Waals surface area contributed by atoms with Gasteiger partial charge in [0.1, 0.15) is 11.4 Å². The number of carbonyl (C=O) groups excluding carboxylic acids is 2. The Kier molecular flexibility index (Phi) is 7.40. The molecule has 3 rings (SSSR count). The van der Waals surface area contributed by atoms with E-state index in [2.05, 4.69) is 10.0 Å². The number of benzene rings is 1. The first-order valence-corrected chi connectivity index (χ1v) is 13.3. The summed E-state index contributed by atoms with van der Waals surface area (Å²) in [7, 11) is -4.01. The molecule has 0 radical (unpaired) electrons. The quantitative estimate of drug-likeness (QED) is 0.594. The van der Waals surface area contributed by atoms with Gasteiger partial charge < -0.3 is 19.7 Å². The van der Waals surface area contributed by atoms with Crippen molar-refractivity contribution < 1.29 is 27.5 Å². The third-order valence-electron chi connectivity index (χ3n) is 6.14. The molecule has 0 atom stereocenters. The number of amides is 3. The molecule has 1 saturated carbocycles. The summed E-state index contributed by atoms with van der Waals surface area (Å²) in [6, 6.07) is 3.87. The Morgan fingerprint density at radius 1 is 1.21 bits per heavy atom. The van der Waals surface area contributed by atoms with Crippen LogP contribution in [0, 0.1) is 11.3 Å². The number of hydrogen-bond acceptors (Lipinski definition) is 6. The van der Waals surface area contributed by atoms with Gasteiger partial charge in [0.2, 0.25) is 0 Å². The zero-order valence-corrected chi connectivity index (χ0v) is 21.8. The molecule has 9 nitrogen and oxygen atoms in total. The van der Waals surface area contributed by atoms with Crippen molar-refractivity contribution in [2.45, 2.75) is 70.8 Å². The van der Waals surface area contributed by atoms with Gasteiger partial charge >= 0.3 is 12.1 Å². The van der Waals surface area contributed by atoms with Crippen LogP contribution in [0.25, 0.3) is 0 Å². The summed E-state index contributed by atoms with van der Waals surface area (Å²) in [5.74, 6) is 0.961. The van der Waals surface area contributed by atoms with E-state index in [0.29, 0.717) is 32.0 Å². The zero-order valence-electron chi connectivity index (χ0n) is 20.9. The van der Waals surface area contributed by atoms with Crippen molar-refractivity contribution in [3.63, 3.8) is 0 Å². The number of carbonyl (C=O) groups is 2. The maximum absolute atomic E-state index is 12.7. The van der Waals surface area contributed by atoms with Crippen molar-refractivity contribution in [1.29, 1.82) is 0 Å². The summed E-state index contributed by atoms with van der Waals surface area (Å²) in [4.78, 5) is 26.1. The van der Waals surface area contributed by atoms with Crippen LogP contribution in [0.3, 0.4) is 0 Å². The molecule has 3 amide bonds. The van der Waals surface area contributed by atoms with Crippen LogP contribution < -0.4 is 14.8 Å². The molecular formula is C24H37N3O6S. The topological polar surface area (TPSA) is 114 Å². The van der Waals surface area contributed by atoms with Crippen LogP contribution in [0.2, 0.25) is 0 Å². The minimum atomic E-state index is -4.01. The van der Waals surface area contributed by atoms with E-state index in [1.807, 2.05) is 41.5 Å². The molecule has 0 unspecified atom stereocenters. The molecule has 10 heteroatoms. The number of urea groups is 1. The first kappa shape index (κ1) is 26.1. The maximum atomic E-state index is 12.7. The molecule has 1 aromatic rings. The van der Waals surface area contributed by atoms with Crippen molar-refractivity contribution in [2.75, 3.05) is 26.2 Å². The van der Waals surface area contributed by atoms with E-state index in [4.69, 9.17) is 9.47 Å². The Balaban J connectivity index is 1.46. The number of nitrogens with zero attached hydrogens (tertiary/aromatic N) is 1. The second kappa shape index (κ2) is 9.64. The molecule has 2 fully saturated rings. The fraction of sp³-hybridized carbons (Fsp3) is 0.667. The number of hydrogen-bond donors (Lipinski definition) is 2. The first-order chi connectivity index (χ1) is 15.7. The van der Waals surface area contributed by atoms with Crippen molar-refractivity contribution in [1.82, 2.24) is 14.9 Å². The zero-order chi connectivity index (χ0) is 25.3. The van der Waals surface area contributed by atoms with E-state index in [9.17, 15) is 18.0 Å². The normalized spacial score (nSPS) is 17.7. The lowest BCUT2D eigenvalue weighted by molar-refractivity contribution is -0.0937. The Morgan fingerprint density at radius 2 is 1.85 bits per heavy atom. The highest BCUT2D eigenvalue weighted by Crippen LogP contribution is 2.51. The van der Waals surface area contributed by atoms with E-state index in [1.54, 1.807) is 17.0 Å². The van der Waals surface area contributed by atoms with Gasteiger partial charge in [0, 0.05) is 25.0 Å². The summed E-state index contributed by atoms with van der Waals surface area (Å²) >= 11 is 0. The molecule has 2 aliphatic rings. The highest BCUT2D eigenvalue weighted by atomic mass is 32.2. The largest absolute Gasteiger partial charge is 0.494 e. The molecule has 1 aliphatic carbocycles. The molecule has 1 heterocycles. The Labute approximate surface area is 202 Å². The van der Waals surface area contributed by atoms with Gasteiger partial charge in [0.25, 0.3) is 10.0 Å². The van der Waals surface area contributed by atoms with Crippen LogP contribution in [-0.2, 0) is 14.8 Å². The standard InChI is InChI=1S/C24H37N3O6S/c1-7-32-20-9-8-18(10-19(20)16(2)3)34(30,31)26-21(28)25-13-17-11-24(12-17)14-27(15-24)22(29)33-23(4,5)6/h8-10,16-17H,7,11-15H2,1-6H3,(H2,25,26,28). The molecule has 1 aromatic carbocycles. The van der Waals surface area contributed by atoms with Crippen molar-refractivity contribution in [3.05, 3.63) is 23.8 Å². The van der Waals surface area contributed by atoms with Gasteiger partial charge in [-0.3, -0.25) is 0 Å². The minimum absolute atomic E-state index is 0.0223. The third-order valence-corrected chi connectivity index (χ3v) is 7.47. The maximum Gasteiger partial charge on any atom is 0.410 e. The van der Waals surface area contributed by atoms with E-state index in [1.165, 1.54) is 6.07 Å². The molecule has 1 saturated heterocycles. The SMILES string of the molecule is CCOc1ccc(S(=O)(=O)NC(=O)NCC2CC3(C2)CN(C(=O)OC(C)(C)C)C3)cc1C(C)C. The minimum Gasteiger partial charge on any atom is -0.494 e. The molecule has 34 heavy (non-hydrogen) atoms. The van der Waals surface area contributed by atoms with Crippen LogP contribution >= 0.6 is 0 Å². The van der Waals surface area contributed by atoms with Crippen molar-refractivity contribution in [3.8, 4) is 5.75 Å². The Hall–Kier alpha value is -2.49. The monoisotopic (exact) mass is 495 g/mol. The van der Waals surface area contributed by atoms with Gasteiger partial charge in [-0.05, 0) is 76.1 Å². The lowest BCUT2D eigenvalue weighted by atomic mass is 9.58. The van der Waals surface area contributed by atoms with E-state index >= 15 is 0 Å². The van der Waals surface area contributed by atoms with Gasteiger partial charge in [-0.2, -0.15) is 0 Å². The fourth-order valence-electron chi connectivity index (χ4n) is 4.67. The summed E-state index contributed by atoms with van der Waals surface area (Å²) in [5.41, 5.74) is 0.355. The smallest absolute Gasteiger partial charge is 0.410 e. The van der Waals surface area contributed by atoms with E-state index in [-0.39, 0.29) is 28.2 Å². The van der Waals surface area contributed by atoms with Gasteiger partial charge in [0.05, 0.1) is 11.5 Å². The summed E-state index contributed by atoms with van der Waals surface area (Å²) in [6.07, 6.45) is 1.48. The number of nitrogens with one attached hydrogen (secondary N) is 2. The van der Waals surface area contributed by atoms with Crippen molar-refractivity contribution in [2.24, 2.45) is 11.3 Å². The highest BCUT2D eigenvalue weighted by molar-refractivity contribution is 7.90. The third kappa shape index (κ3) is 6.14. The molecule has 2 N–H and O–H groups in total. The lowest BCUT2D eigenvalue weighted by Gasteiger charge is -2.58. The first-order valence-electron chi connectivity index (χ1n) is 11.8. The molecule has 0 bridgehead atoms. The van der Waals surface area contributed by atoms with Crippen LogP contribution in [0.5, 0.6) is 5.75 Å². The predicted molar refractivity (Wildman–Crippen MR) is 128 cm³/mol. The Morgan fingerprint density at radius 3 is 2.41 bits per heavy atom. The van der Waals surface area contributed by atoms with Crippen LogP contribution in [0.15, 0.2) is 23.1 Å². The average molecular weight is 496 g/mol. The van der Waals surface area contributed by atoms with E-state index < -0.39 is 21.7 Å². The number of sulfonamides is 1. The fourth-order valence-corrected chi connectivity index (χ4v) is 5.64. The van der Waals surface area contributed by atoms with Crippen LogP contribution in [-0.4, -0.2) is 57.3 Å². The molecule has 1 spiro atoms. The predicted octanol–water partition coefficient (Wildman–Crippen LogP) is 3.84. The molecule has 0 aromatic heterocycles. The second-order valence-corrected chi connectivity index (χ2v) is 12.4. The number of ether oxygens (including phenoxy) is 2. The number of rotatable bonds is 7. The average Bonchev–Trinajstić information content (AvgIpc) is 2.63. The van der Waals surface area contributed by atoms with Crippen molar-refractivity contribution >= 4 is 22.1 Å². The summed E-state index contributed by atoms with van der Waals surface area (Å²) in [5, 5.41) is 2.67. The number of likely N-dealkylation sites (tertiary alicyclic amines) is 1. The molecular weight excluding hydrogens is 458 g/mol. The molecule has 190 valence electrons. The van der Waals surface area contributed by atoms with Gasteiger partial charge in [-0.25, -0.2) is 22.7 Å². The summed E-state index contributed by atoms with van der Waals surface area (Å²) < 4.78 is 38.5.